The topological polar surface area (TPSA) is 46.3 Å². The van der Waals surface area contributed by atoms with Gasteiger partial charge in [0.1, 0.15) is 0 Å². The van der Waals surface area contributed by atoms with Crippen molar-refractivity contribution in [2.45, 2.75) is 46.5 Å². The molecule has 2 atom stereocenters. The summed E-state index contributed by atoms with van der Waals surface area (Å²) in [5.41, 5.74) is 5.90. The molecule has 16 heavy (non-hydrogen) atoms. The minimum atomic E-state index is 0.156. The fourth-order valence-corrected chi connectivity index (χ4v) is 2.43. The molecule has 2 unspecified atom stereocenters. The summed E-state index contributed by atoms with van der Waals surface area (Å²) in [6.07, 6.45) is 4.06. The number of carbonyl (C=O) groups is 1. The quantitative estimate of drug-likeness (QED) is 0.779. The predicted molar refractivity (Wildman–Crippen MR) is 67.0 cm³/mol. The Kier molecular flexibility index (Phi) is 4.78. The van der Waals surface area contributed by atoms with Gasteiger partial charge in [0.25, 0.3) is 0 Å². The van der Waals surface area contributed by atoms with Crippen molar-refractivity contribution in [2.75, 3.05) is 19.6 Å². The van der Waals surface area contributed by atoms with Crippen LogP contribution in [0.25, 0.3) is 0 Å². The maximum Gasteiger partial charge on any atom is 0.222 e. The smallest absolute Gasteiger partial charge is 0.222 e. The van der Waals surface area contributed by atoms with Gasteiger partial charge in [-0.25, -0.2) is 0 Å². The Morgan fingerprint density at radius 3 is 2.75 bits per heavy atom. The maximum atomic E-state index is 12.0. The lowest BCUT2D eigenvalue weighted by molar-refractivity contribution is -0.131. The molecule has 1 amide bonds. The molecule has 2 N–H and O–H groups in total. The Balaban J connectivity index is 2.39. The summed E-state index contributed by atoms with van der Waals surface area (Å²) in [6.45, 7) is 8.94. The Bertz CT molecular complexity index is 242. The first-order chi connectivity index (χ1) is 7.50. The molecule has 1 rings (SSSR count). The molecule has 0 bridgehead atoms. The minimum Gasteiger partial charge on any atom is -0.342 e. The lowest BCUT2D eigenvalue weighted by Crippen LogP contribution is -2.35. The first kappa shape index (κ1) is 13.5. The maximum absolute atomic E-state index is 12.0. The number of carbonyl (C=O) groups excluding carboxylic acids is 1. The summed E-state index contributed by atoms with van der Waals surface area (Å²) in [6, 6.07) is 0. The highest BCUT2D eigenvalue weighted by molar-refractivity contribution is 5.76. The summed E-state index contributed by atoms with van der Waals surface area (Å²) in [7, 11) is 0. The van der Waals surface area contributed by atoms with Crippen LogP contribution in [-0.4, -0.2) is 30.4 Å². The SMILES string of the molecule is CCCC(C)CC(=O)N1CCC(C)(CN)C1. The second kappa shape index (κ2) is 5.67. The molecular weight excluding hydrogens is 200 g/mol. The number of rotatable bonds is 5. The molecule has 0 aromatic carbocycles. The third kappa shape index (κ3) is 3.48. The molecule has 1 aliphatic heterocycles. The van der Waals surface area contributed by atoms with Crippen molar-refractivity contribution in [3.63, 3.8) is 0 Å². The molecule has 1 aliphatic rings. The average Bonchev–Trinajstić information content (AvgIpc) is 2.62. The monoisotopic (exact) mass is 226 g/mol. The van der Waals surface area contributed by atoms with Crippen LogP contribution in [0.2, 0.25) is 0 Å². The van der Waals surface area contributed by atoms with E-state index in [9.17, 15) is 4.79 Å². The number of amides is 1. The number of likely N-dealkylation sites (tertiary alicyclic amines) is 1. The van der Waals surface area contributed by atoms with Gasteiger partial charge in [-0.1, -0.05) is 33.6 Å². The molecular formula is C13H26N2O. The van der Waals surface area contributed by atoms with Gasteiger partial charge in [0.05, 0.1) is 0 Å². The van der Waals surface area contributed by atoms with E-state index >= 15 is 0 Å². The van der Waals surface area contributed by atoms with Gasteiger partial charge >= 0.3 is 0 Å². The van der Waals surface area contributed by atoms with Crippen molar-refractivity contribution in [3.8, 4) is 0 Å². The van der Waals surface area contributed by atoms with Gasteiger partial charge in [-0.15, -0.1) is 0 Å². The summed E-state index contributed by atoms with van der Waals surface area (Å²) in [4.78, 5) is 14.0. The summed E-state index contributed by atoms with van der Waals surface area (Å²) in [5.74, 6) is 0.834. The van der Waals surface area contributed by atoms with Gasteiger partial charge in [-0.2, -0.15) is 0 Å². The standard InChI is InChI=1S/C13H26N2O/c1-4-5-11(2)8-12(16)15-7-6-13(3,9-14)10-15/h11H,4-10,14H2,1-3H3. The molecule has 0 radical (unpaired) electrons. The Hall–Kier alpha value is -0.570. The van der Waals surface area contributed by atoms with Crippen LogP contribution in [0.15, 0.2) is 0 Å². The molecule has 1 saturated heterocycles. The Morgan fingerprint density at radius 1 is 1.56 bits per heavy atom. The van der Waals surface area contributed by atoms with E-state index in [1.165, 1.54) is 0 Å². The number of nitrogens with two attached hydrogens (primary N) is 1. The van der Waals surface area contributed by atoms with Crippen LogP contribution in [0.3, 0.4) is 0 Å². The van der Waals surface area contributed by atoms with E-state index in [1.807, 2.05) is 4.90 Å². The Morgan fingerprint density at radius 2 is 2.25 bits per heavy atom. The van der Waals surface area contributed by atoms with Crippen molar-refractivity contribution in [1.29, 1.82) is 0 Å². The number of nitrogens with zero attached hydrogens (tertiary/aromatic N) is 1. The van der Waals surface area contributed by atoms with Crippen molar-refractivity contribution < 1.29 is 4.79 Å². The molecule has 1 fully saturated rings. The van der Waals surface area contributed by atoms with Crippen LogP contribution in [0.1, 0.15) is 46.5 Å². The largest absolute Gasteiger partial charge is 0.342 e. The van der Waals surface area contributed by atoms with Crippen LogP contribution in [0, 0.1) is 11.3 Å². The average molecular weight is 226 g/mol. The van der Waals surface area contributed by atoms with Crippen LogP contribution in [0.4, 0.5) is 0 Å². The highest BCUT2D eigenvalue weighted by Crippen LogP contribution is 2.29. The molecule has 1 heterocycles. The summed E-state index contributed by atoms with van der Waals surface area (Å²) < 4.78 is 0. The molecule has 0 spiro atoms. The van der Waals surface area contributed by atoms with E-state index in [-0.39, 0.29) is 5.41 Å². The highest BCUT2D eigenvalue weighted by atomic mass is 16.2. The number of hydrogen-bond donors (Lipinski definition) is 1. The van der Waals surface area contributed by atoms with Crippen molar-refractivity contribution in [1.82, 2.24) is 4.90 Å². The van der Waals surface area contributed by atoms with Gasteiger partial charge in [-0.05, 0) is 24.3 Å². The van der Waals surface area contributed by atoms with E-state index in [1.54, 1.807) is 0 Å². The van der Waals surface area contributed by atoms with Gasteiger partial charge in [0.15, 0.2) is 0 Å². The van der Waals surface area contributed by atoms with E-state index in [0.29, 0.717) is 24.8 Å². The van der Waals surface area contributed by atoms with Crippen molar-refractivity contribution in [2.24, 2.45) is 17.1 Å². The fraction of sp³-hybridized carbons (Fsp3) is 0.923. The zero-order chi connectivity index (χ0) is 12.2. The van der Waals surface area contributed by atoms with Gasteiger partial charge in [0, 0.05) is 19.5 Å². The first-order valence-corrected chi connectivity index (χ1v) is 6.48. The molecule has 3 heteroatoms. The van der Waals surface area contributed by atoms with Crippen molar-refractivity contribution >= 4 is 5.91 Å². The summed E-state index contributed by atoms with van der Waals surface area (Å²) >= 11 is 0. The second-order valence-electron chi connectivity index (χ2n) is 5.68. The molecule has 0 aliphatic carbocycles. The van der Waals surface area contributed by atoms with Crippen LogP contribution in [0.5, 0.6) is 0 Å². The zero-order valence-electron chi connectivity index (χ0n) is 11.0. The van der Waals surface area contributed by atoms with E-state index in [2.05, 4.69) is 20.8 Å². The van der Waals surface area contributed by atoms with E-state index in [4.69, 9.17) is 5.73 Å². The number of hydrogen-bond acceptors (Lipinski definition) is 2. The first-order valence-electron chi connectivity index (χ1n) is 6.48. The Labute approximate surface area is 99.4 Å². The molecule has 0 aromatic heterocycles. The minimum absolute atomic E-state index is 0.156. The summed E-state index contributed by atoms with van der Waals surface area (Å²) in [5, 5.41) is 0. The van der Waals surface area contributed by atoms with Crippen LogP contribution >= 0.6 is 0 Å². The third-order valence-corrected chi connectivity index (χ3v) is 3.71. The third-order valence-electron chi connectivity index (χ3n) is 3.71. The van der Waals surface area contributed by atoms with Crippen LogP contribution < -0.4 is 5.73 Å². The molecule has 3 nitrogen and oxygen atoms in total. The normalized spacial score (nSPS) is 27.1. The van der Waals surface area contributed by atoms with E-state index in [0.717, 1.165) is 32.4 Å². The van der Waals surface area contributed by atoms with E-state index < -0.39 is 0 Å². The molecule has 0 saturated carbocycles. The van der Waals surface area contributed by atoms with Gasteiger partial charge < -0.3 is 10.6 Å². The highest BCUT2D eigenvalue weighted by Gasteiger charge is 2.34. The predicted octanol–water partition coefficient (Wildman–Crippen LogP) is 2.01. The molecule has 94 valence electrons. The van der Waals surface area contributed by atoms with Gasteiger partial charge in [0.2, 0.25) is 5.91 Å². The zero-order valence-corrected chi connectivity index (χ0v) is 11.0. The molecule has 0 aromatic rings. The van der Waals surface area contributed by atoms with Gasteiger partial charge in [-0.3, -0.25) is 4.79 Å². The van der Waals surface area contributed by atoms with Crippen molar-refractivity contribution in [3.05, 3.63) is 0 Å². The second-order valence-corrected chi connectivity index (χ2v) is 5.68. The fourth-order valence-electron chi connectivity index (χ4n) is 2.43. The van der Waals surface area contributed by atoms with Crippen LogP contribution in [-0.2, 0) is 4.79 Å². The lowest BCUT2D eigenvalue weighted by atomic mass is 9.90. The lowest BCUT2D eigenvalue weighted by Gasteiger charge is -2.23.